The second-order valence-corrected chi connectivity index (χ2v) is 7.85. The van der Waals surface area contributed by atoms with Crippen molar-refractivity contribution in [1.29, 1.82) is 0 Å². The number of nitrogens with zero attached hydrogens (tertiary/aromatic N) is 2. The van der Waals surface area contributed by atoms with Crippen molar-refractivity contribution in [3.63, 3.8) is 0 Å². The van der Waals surface area contributed by atoms with Gasteiger partial charge in [0.25, 0.3) is 0 Å². The first-order valence-electron chi connectivity index (χ1n) is 10.0. The number of fused-ring (bicyclic) bond motifs is 1. The molecule has 1 saturated carbocycles. The van der Waals surface area contributed by atoms with Gasteiger partial charge in [-0.15, -0.1) is 0 Å². The molecule has 0 bridgehead atoms. The normalized spacial score (nSPS) is 23.2. The fourth-order valence-corrected chi connectivity index (χ4v) is 4.25. The van der Waals surface area contributed by atoms with Crippen LogP contribution < -0.4 is 9.47 Å². The Kier molecular flexibility index (Phi) is 5.30. The zero-order valence-corrected chi connectivity index (χ0v) is 16.8. The quantitative estimate of drug-likeness (QED) is 0.520. The molecule has 1 aromatic rings. The molecule has 0 radical (unpaired) electrons. The zero-order valence-electron chi connectivity index (χ0n) is 16.8. The first kappa shape index (κ1) is 19.5. The molecule has 0 aromatic heterocycles. The molecule has 4 rings (SSSR count). The minimum absolute atomic E-state index is 0.134. The number of methoxy groups -OCH3 is 2. The maximum atomic E-state index is 13.1. The van der Waals surface area contributed by atoms with Crippen LogP contribution in [0.1, 0.15) is 31.2 Å². The van der Waals surface area contributed by atoms with Crippen molar-refractivity contribution in [2.45, 2.75) is 38.3 Å². The van der Waals surface area contributed by atoms with Crippen molar-refractivity contribution in [3.8, 4) is 11.5 Å². The molecule has 2 atom stereocenters. The number of benzene rings is 1. The van der Waals surface area contributed by atoms with Gasteiger partial charge in [0.15, 0.2) is 0 Å². The maximum absolute atomic E-state index is 13.1. The summed E-state index contributed by atoms with van der Waals surface area (Å²) in [6, 6.07) is 5.61. The van der Waals surface area contributed by atoms with Crippen molar-refractivity contribution in [1.82, 2.24) is 9.80 Å². The number of ether oxygens (including phenoxy) is 2. The lowest BCUT2D eigenvalue weighted by molar-refractivity contribution is -0.147. The summed E-state index contributed by atoms with van der Waals surface area (Å²) in [5.41, 5.74) is 0.837. The predicted octanol–water partition coefficient (Wildman–Crippen LogP) is 2.15. The molecule has 1 heterocycles. The topological polar surface area (TPSA) is 76.2 Å². The highest BCUT2D eigenvalue weighted by molar-refractivity contribution is 6.07. The Labute approximate surface area is 170 Å². The summed E-state index contributed by atoms with van der Waals surface area (Å²) in [7, 11) is 3.18. The van der Waals surface area contributed by atoms with Crippen LogP contribution in [0.3, 0.4) is 0 Å². The van der Waals surface area contributed by atoms with E-state index in [4.69, 9.17) is 9.47 Å². The van der Waals surface area contributed by atoms with Gasteiger partial charge < -0.3 is 14.4 Å². The number of rotatable bonds is 7. The van der Waals surface area contributed by atoms with Crippen LogP contribution in [0.4, 0.5) is 0 Å². The zero-order chi connectivity index (χ0) is 20.5. The minimum atomic E-state index is -0.312. The molecule has 0 N–H and O–H groups in total. The standard InChI is InChI=1S/C22H26N2O5/c1-28-16-9-10-19(29-2)14(11-16)12-23(15-7-8-15)20(25)13-24-21(26)17-5-3-4-6-18(17)22(24)27/h3-4,9-11,15,17-18H,5-8,12-13H2,1-2H3. The number of imide groups is 1. The molecule has 3 amide bonds. The highest BCUT2D eigenvalue weighted by Gasteiger charge is 2.48. The molecule has 2 unspecified atom stereocenters. The van der Waals surface area contributed by atoms with Gasteiger partial charge in [-0.1, -0.05) is 12.2 Å². The molecule has 1 saturated heterocycles. The Hall–Kier alpha value is -2.83. The molecule has 29 heavy (non-hydrogen) atoms. The fourth-order valence-electron chi connectivity index (χ4n) is 4.25. The number of hydrogen-bond donors (Lipinski definition) is 0. The van der Waals surface area contributed by atoms with E-state index in [1.165, 1.54) is 4.90 Å². The second kappa shape index (κ2) is 7.89. The van der Waals surface area contributed by atoms with Crippen LogP contribution >= 0.6 is 0 Å². The number of likely N-dealkylation sites (tertiary alicyclic amines) is 1. The van der Waals surface area contributed by atoms with Gasteiger partial charge in [-0.3, -0.25) is 19.3 Å². The van der Waals surface area contributed by atoms with Crippen molar-refractivity contribution in [2.75, 3.05) is 20.8 Å². The van der Waals surface area contributed by atoms with E-state index in [9.17, 15) is 14.4 Å². The van der Waals surface area contributed by atoms with Gasteiger partial charge in [-0.05, 0) is 43.9 Å². The summed E-state index contributed by atoms with van der Waals surface area (Å²) in [4.78, 5) is 41.5. The molecule has 2 aliphatic carbocycles. The third kappa shape index (κ3) is 3.73. The van der Waals surface area contributed by atoms with E-state index in [0.29, 0.717) is 30.9 Å². The lowest BCUT2D eigenvalue weighted by Gasteiger charge is -2.26. The average molecular weight is 398 g/mol. The largest absolute Gasteiger partial charge is 0.497 e. The molecule has 1 aliphatic heterocycles. The summed E-state index contributed by atoms with van der Waals surface area (Å²) in [6.07, 6.45) is 6.90. The van der Waals surface area contributed by atoms with E-state index in [0.717, 1.165) is 18.4 Å². The second-order valence-electron chi connectivity index (χ2n) is 7.85. The highest BCUT2D eigenvalue weighted by Crippen LogP contribution is 2.36. The van der Waals surface area contributed by atoms with Crippen molar-refractivity contribution in [3.05, 3.63) is 35.9 Å². The Morgan fingerprint density at radius 2 is 1.72 bits per heavy atom. The van der Waals surface area contributed by atoms with Crippen LogP contribution in [-0.2, 0) is 20.9 Å². The first-order valence-corrected chi connectivity index (χ1v) is 10.0. The van der Waals surface area contributed by atoms with E-state index in [1.54, 1.807) is 19.1 Å². The van der Waals surface area contributed by atoms with E-state index in [2.05, 4.69) is 0 Å². The molecule has 3 aliphatic rings. The van der Waals surface area contributed by atoms with E-state index < -0.39 is 0 Å². The lowest BCUT2D eigenvalue weighted by Crippen LogP contribution is -2.43. The number of carbonyl (C=O) groups is 3. The number of amides is 3. The summed E-state index contributed by atoms with van der Waals surface area (Å²) in [5.74, 6) is 0.104. The van der Waals surface area contributed by atoms with E-state index in [-0.39, 0.29) is 42.1 Å². The summed E-state index contributed by atoms with van der Waals surface area (Å²) in [5, 5.41) is 0. The molecular formula is C22H26N2O5. The summed E-state index contributed by atoms with van der Waals surface area (Å²) in [6.45, 7) is 0.169. The van der Waals surface area contributed by atoms with Crippen LogP contribution in [0.5, 0.6) is 11.5 Å². The van der Waals surface area contributed by atoms with Gasteiger partial charge in [0.1, 0.15) is 18.0 Å². The Balaban J connectivity index is 1.51. The third-order valence-electron chi connectivity index (χ3n) is 6.03. The number of allylic oxidation sites excluding steroid dienone is 2. The van der Waals surface area contributed by atoms with E-state index in [1.807, 2.05) is 30.4 Å². The monoisotopic (exact) mass is 398 g/mol. The van der Waals surface area contributed by atoms with Gasteiger partial charge >= 0.3 is 0 Å². The summed E-state index contributed by atoms with van der Waals surface area (Å²) >= 11 is 0. The maximum Gasteiger partial charge on any atom is 0.243 e. The van der Waals surface area contributed by atoms with Crippen molar-refractivity contribution < 1.29 is 23.9 Å². The lowest BCUT2D eigenvalue weighted by atomic mass is 9.85. The summed E-state index contributed by atoms with van der Waals surface area (Å²) < 4.78 is 10.7. The van der Waals surface area contributed by atoms with E-state index >= 15 is 0 Å². The van der Waals surface area contributed by atoms with Gasteiger partial charge in [-0.25, -0.2) is 0 Å². The predicted molar refractivity (Wildman–Crippen MR) is 105 cm³/mol. The number of carbonyl (C=O) groups excluding carboxylic acids is 3. The Morgan fingerprint density at radius 1 is 1.07 bits per heavy atom. The molecule has 154 valence electrons. The van der Waals surface area contributed by atoms with Crippen LogP contribution in [0.15, 0.2) is 30.4 Å². The molecule has 0 spiro atoms. The first-order chi connectivity index (χ1) is 14.0. The van der Waals surface area contributed by atoms with Crippen molar-refractivity contribution >= 4 is 17.7 Å². The molecular weight excluding hydrogens is 372 g/mol. The minimum Gasteiger partial charge on any atom is -0.497 e. The van der Waals surface area contributed by atoms with Crippen molar-refractivity contribution in [2.24, 2.45) is 11.8 Å². The third-order valence-corrected chi connectivity index (χ3v) is 6.03. The van der Waals surface area contributed by atoms with Crippen LogP contribution in [0.25, 0.3) is 0 Å². The van der Waals surface area contributed by atoms with Gasteiger partial charge in [-0.2, -0.15) is 0 Å². The Morgan fingerprint density at radius 3 is 2.28 bits per heavy atom. The molecule has 7 heteroatoms. The van der Waals surface area contributed by atoms with Crippen LogP contribution in [0.2, 0.25) is 0 Å². The van der Waals surface area contributed by atoms with Gasteiger partial charge in [0.2, 0.25) is 17.7 Å². The molecule has 1 aromatic carbocycles. The molecule has 7 nitrogen and oxygen atoms in total. The SMILES string of the molecule is COc1ccc(OC)c(CN(C(=O)CN2C(=O)C3CC=CCC3C2=O)C2CC2)c1. The smallest absolute Gasteiger partial charge is 0.243 e. The van der Waals surface area contributed by atoms with Gasteiger partial charge in [0, 0.05) is 18.2 Å². The average Bonchev–Trinajstić information content (AvgIpc) is 3.56. The van der Waals surface area contributed by atoms with Crippen LogP contribution in [-0.4, -0.2) is 54.3 Å². The molecule has 2 fully saturated rings. The van der Waals surface area contributed by atoms with Crippen LogP contribution in [0, 0.1) is 11.8 Å². The Bertz CT molecular complexity index is 835. The van der Waals surface area contributed by atoms with Gasteiger partial charge in [0.05, 0.1) is 26.1 Å². The number of hydrogen-bond acceptors (Lipinski definition) is 5. The fraction of sp³-hybridized carbons (Fsp3) is 0.500. The highest BCUT2D eigenvalue weighted by atomic mass is 16.5.